The third-order valence-corrected chi connectivity index (χ3v) is 5.20. The summed E-state index contributed by atoms with van der Waals surface area (Å²) in [6, 6.07) is 4.65. The molecule has 1 aromatic rings. The van der Waals surface area contributed by atoms with Crippen LogP contribution in [0.25, 0.3) is 0 Å². The van der Waals surface area contributed by atoms with Crippen molar-refractivity contribution in [3.05, 3.63) is 34.4 Å². The normalized spacial score (nSPS) is 16.6. The molecule has 4 heteroatoms. The van der Waals surface area contributed by atoms with Crippen LogP contribution in [0.1, 0.15) is 42.0 Å². The average molecular weight is 332 g/mol. The SMILES string of the molecule is CNC(=O)CN(C)Cc1cc(CN2CCC(C)CC2)c(C)cc1C. The van der Waals surface area contributed by atoms with E-state index in [9.17, 15) is 4.79 Å². The van der Waals surface area contributed by atoms with Gasteiger partial charge in [0.05, 0.1) is 6.54 Å². The molecule has 1 aliphatic heterocycles. The Morgan fingerprint density at radius 2 is 1.83 bits per heavy atom. The molecule has 1 amide bonds. The van der Waals surface area contributed by atoms with E-state index >= 15 is 0 Å². The minimum atomic E-state index is 0.0601. The number of piperidine rings is 1. The van der Waals surface area contributed by atoms with Crippen molar-refractivity contribution >= 4 is 5.91 Å². The molecule has 1 aliphatic rings. The van der Waals surface area contributed by atoms with Crippen LogP contribution in [0.5, 0.6) is 0 Å². The van der Waals surface area contributed by atoms with E-state index in [1.54, 1.807) is 7.05 Å². The van der Waals surface area contributed by atoms with Gasteiger partial charge in [-0.25, -0.2) is 0 Å². The van der Waals surface area contributed by atoms with Crippen molar-refractivity contribution in [1.29, 1.82) is 0 Å². The van der Waals surface area contributed by atoms with Crippen molar-refractivity contribution in [3.63, 3.8) is 0 Å². The first-order chi connectivity index (χ1) is 11.4. The maximum absolute atomic E-state index is 11.5. The number of nitrogens with zero attached hydrogens (tertiary/aromatic N) is 2. The van der Waals surface area contributed by atoms with Gasteiger partial charge in [-0.05, 0) is 75.0 Å². The summed E-state index contributed by atoms with van der Waals surface area (Å²) in [7, 11) is 3.69. The molecule has 1 heterocycles. The molecular weight excluding hydrogens is 298 g/mol. The first kappa shape index (κ1) is 18.9. The van der Waals surface area contributed by atoms with Gasteiger partial charge in [-0.1, -0.05) is 19.1 Å². The lowest BCUT2D eigenvalue weighted by atomic mass is 9.96. The fourth-order valence-corrected chi connectivity index (χ4v) is 3.42. The number of rotatable bonds is 6. The Hall–Kier alpha value is -1.39. The number of hydrogen-bond donors (Lipinski definition) is 1. The van der Waals surface area contributed by atoms with Gasteiger partial charge in [0.15, 0.2) is 0 Å². The van der Waals surface area contributed by atoms with Gasteiger partial charge in [-0.2, -0.15) is 0 Å². The van der Waals surface area contributed by atoms with Crippen molar-refractivity contribution in [2.24, 2.45) is 5.92 Å². The Morgan fingerprint density at radius 1 is 1.21 bits per heavy atom. The molecule has 134 valence electrons. The molecule has 1 aromatic carbocycles. The van der Waals surface area contributed by atoms with E-state index in [1.165, 1.54) is 48.2 Å². The van der Waals surface area contributed by atoms with Gasteiger partial charge in [0.2, 0.25) is 5.91 Å². The molecule has 0 atom stereocenters. The highest BCUT2D eigenvalue weighted by atomic mass is 16.1. The van der Waals surface area contributed by atoms with Crippen molar-refractivity contribution < 1.29 is 4.79 Å². The minimum absolute atomic E-state index is 0.0601. The van der Waals surface area contributed by atoms with Crippen LogP contribution in [0.15, 0.2) is 12.1 Å². The molecule has 0 aliphatic carbocycles. The Morgan fingerprint density at radius 3 is 2.46 bits per heavy atom. The molecule has 1 fully saturated rings. The standard InChI is InChI=1S/C20H33N3O/c1-15-6-8-23(9-7-15)13-19-11-18(16(2)10-17(19)3)12-22(5)14-20(24)21-4/h10-11,15H,6-9,12-14H2,1-5H3,(H,21,24). The van der Waals surface area contributed by atoms with Crippen LogP contribution in [0, 0.1) is 19.8 Å². The Balaban J connectivity index is 2.05. The molecule has 1 N–H and O–H groups in total. The Labute approximate surface area is 147 Å². The van der Waals surface area contributed by atoms with Gasteiger partial charge >= 0.3 is 0 Å². The van der Waals surface area contributed by atoms with Crippen LogP contribution >= 0.6 is 0 Å². The maximum atomic E-state index is 11.5. The second-order valence-electron chi connectivity index (χ2n) is 7.51. The van der Waals surface area contributed by atoms with Crippen molar-refractivity contribution in [1.82, 2.24) is 15.1 Å². The molecule has 2 rings (SSSR count). The number of likely N-dealkylation sites (tertiary alicyclic amines) is 1. The van der Waals surface area contributed by atoms with Gasteiger partial charge in [0.25, 0.3) is 0 Å². The molecule has 0 aromatic heterocycles. The fourth-order valence-electron chi connectivity index (χ4n) is 3.42. The quantitative estimate of drug-likeness (QED) is 0.870. The minimum Gasteiger partial charge on any atom is -0.358 e. The van der Waals surface area contributed by atoms with Crippen LogP contribution in [-0.2, 0) is 17.9 Å². The number of likely N-dealkylation sites (N-methyl/N-ethyl adjacent to an activating group) is 2. The molecule has 1 saturated heterocycles. The van der Waals surface area contributed by atoms with E-state index in [4.69, 9.17) is 0 Å². The van der Waals surface area contributed by atoms with Crippen molar-refractivity contribution in [2.75, 3.05) is 33.7 Å². The molecule has 24 heavy (non-hydrogen) atoms. The first-order valence-electron chi connectivity index (χ1n) is 9.09. The zero-order valence-corrected chi connectivity index (χ0v) is 16.0. The van der Waals surface area contributed by atoms with Gasteiger partial charge in [-0.3, -0.25) is 14.6 Å². The Bertz CT molecular complexity index is 562. The number of aryl methyl sites for hydroxylation is 2. The summed E-state index contributed by atoms with van der Waals surface area (Å²) in [6.07, 6.45) is 2.62. The summed E-state index contributed by atoms with van der Waals surface area (Å²) in [5.74, 6) is 0.930. The first-order valence-corrected chi connectivity index (χ1v) is 9.09. The number of benzene rings is 1. The lowest BCUT2D eigenvalue weighted by Crippen LogP contribution is -2.33. The van der Waals surface area contributed by atoms with E-state index in [2.05, 4.69) is 48.0 Å². The predicted molar refractivity (Wildman–Crippen MR) is 100.0 cm³/mol. The summed E-state index contributed by atoms with van der Waals surface area (Å²) >= 11 is 0. The number of carbonyl (C=O) groups is 1. The van der Waals surface area contributed by atoms with Gasteiger partial charge in [-0.15, -0.1) is 0 Å². The highest BCUT2D eigenvalue weighted by Crippen LogP contribution is 2.22. The maximum Gasteiger partial charge on any atom is 0.233 e. The summed E-state index contributed by atoms with van der Waals surface area (Å²) in [5.41, 5.74) is 5.45. The number of amides is 1. The second kappa shape index (κ2) is 8.63. The molecule has 0 unspecified atom stereocenters. The number of nitrogens with one attached hydrogen (secondary N) is 1. The van der Waals surface area contributed by atoms with Crippen molar-refractivity contribution in [2.45, 2.75) is 46.7 Å². The number of hydrogen-bond acceptors (Lipinski definition) is 3. The molecule has 0 radical (unpaired) electrons. The highest BCUT2D eigenvalue weighted by molar-refractivity contribution is 5.77. The van der Waals surface area contributed by atoms with Crippen molar-refractivity contribution in [3.8, 4) is 0 Å². The molecule has 0 saturated carbocycles. The van der Waals surface area contributed by atoms with Gasteiger partial charge in [0.1, 0.15) is 0 Å². The largest absolute Gasteiger partial charge is 0.358 e. The lowest BCUT2D eigenvalue weighted by molar-refractivity contribution is -0.121. The predicted octanol–water partition coefficient (Wildman–Crippen LogP) is 2.71. The third kappa shape index (κ3) is 5.32. The Kier molecular flexibility index (Phi) is 6.81. The topological polar surface area (TPSA) is 35.6 Å². The molecule has 0 spiro atoms. The van der Waals surface area contributed by atoms with Crippen LogP contribution in [-0.4, -0.2) is 49.4 Å². The summed E-state index contributed by atoms with van der Waals surface area (Å²) < 4.78 is 0. The molecule has 0 bridgehead atoms. The van der Waals surface area contributed by atoms with Crippen LogP contribution in [0.4, 0.5) is 0 Å². The zero-order valence-electron chi connectivity index (χ0n) is 16.0. The molecule has 4 nitrogen and oxygen atoms in total. The fraction of sp³-hybridized carbons (Fsp3) is 0.650. The van der Waals surface area contributed by atoms with E-state index < -0.39 is 0 Å². The smallest absolute Gasteiger partial charge is 0.233 e. The average Bonchev–Trinajstić information content (AvgIpc) is 2.53. The zero-order chi connectivity index (χ0) is 17.7. The van der Waals surface area contributed by atoms with E-state index in [0.29, 0.717) is 6.54 Å². The van der Waals surface area contributed by atoms with Gasteiger partial charge in [0, 0.05) is 20.1 Å². The lowest BCUT2D eigenvalue weighted by Gasteiger charge is -2.31. The monoisotopic (exact) mass is 331 g/mol. The van der Waals surface area contributed by atoms with Crippen LogP contribution in [0.3, 0.4) is 0 Å². The second-order valence-corrected chi connectivity index (χ2v) is 7.51. The molecular formula is C20H33N3O. The summed E-state index contributed by atoms with van der Waals surface area (Å²) in [4.78, 5) is 16.2. The summed E-state index contributed by atoms with van der Waals surface area (Å²) in [5, 5.41) is 2.69. The number of carbonyl (C=O) groups excluding carboxylic acids is 1. The third-order valence-electron chi connectivity index (χ3n) is 5.20. The van der Waals surface area contributed by atoms with Crippen LogP contribution in [0.2, 0.25) is 0 Å². The highest BCUT2D eigenvalue weighted by Gasteiger charge is 2.17. The van der Waals surface area contributed by atoms with E-state index in [1.807, 2.05) is 7.05 Å². The van der Waals surface area contributed by atoms with E-state index in [-0.39, 0.29) is 5.91 Å². The van der Waals surface area contributed by atoms with E-state index in [0.717, 1.165) is 19.0 Å². The summed E-state index contributed by atoms with van der Waals surface area (Å²) in [6.45, 7) is 11.4. The van der Waals surface area contributed by atoms with Gasteiger partial charge < -0.3 is 5.32 Å². The van der Waals surface area contributed by atoms with Crippen LogP contribution < -0.4 is 5.32 Å².